The Kier molecular flexibility index (Phi) is 3.79. The van der Waals surface area contributed by atoms with Crippen molar-refractivity contribution >= 4 is 11.8 Å². The number of carbonyl (C=O) groups excluding carboxylic acids is 1. The average molecular weight is 198 g/mol. The molecule has 0 aliphatic heterocycles. The molecule has 76 valence electrons. The van der Waals surface area contributed by atoms with E-state index in [4.69, 9.17) is 5.11 Å². The fourth-order valence-electron chi connectivity index (χ4n) is 1.00. The molecule has 0 spiro atoms. The van der Waals surface area contributed by atoms with Gasteiger partial charge >= 0.3 is 5.97 Å². The van der Waals surface area contributed by atoms with Gasteiger partial charge < -0.3 is 15.7 Å². The number of hydrogen-bond acceptors (Lipinski definition) is 3. The molecule has 1 aromatic rings. The van der Waals surface area contributed by atoms with E-state index < -0.39 is 11.7 Å². The van der Waals surface area contributed by atoms with Crippen molar-refractivity contribution in [3.63, 3.8) is 0 Å². The van der Waals surface area contributed by atoms with Gasteiger partial charge in [-0.15, -0.1) is 0 Å². The molecule has 1 aromatic carbocycles. The molecule has 14 heavy (non-hydrogen) atoms. The Bertz CT molecular complexity index is 337. The molecule has 5 heteroatoms. The first-order chi connectivity index (χ1) is 6.04. The van der Waals surface area contributed by atoms with Crippen LogP contribution in [0, 0.1) is 0 Å². The standard InChI is InChI=1S/C9H8O4.H2O/c1-5(10)6-3-2-4-7(8(6)11)9(12)13;/h2-4,11H,1H3,(H,12,13);1H2. The number of aromatic hydroxyl groups is 1. The first-order valence-corrected chi connectivity index (χ1v) is 3.60. The highest BCUT2D eigenvalue weighted by Gasteiger charge is 2.14. The van der Waals surface area contributed by atoms with Crippen LogP contribution in [0.1, 0.15) is 27.6 Å². The molecule has 5 nitrogen and oxygen atoms in total. The number of carboxylic acids is 1. The zero-order chi connectivity index (χ0) is 10.0. The topological polar surface area (TPSA) is 106 Å². The van der Waals surface area contributed by atoms with Crippen molar-refractivity contribution in [2.45, 2.75) is 6.92 Å². The van der Waals surface area contributed by atoms with Crippen molar-refractivity contribution in [2.24, 2.45) is 0 Å². The summed E-state index contributed by atoms with van der Waals surface area (Å²) in [5.74, 6) is -2.08. The number of aromatic carboxylic acids is 1. The van der Waals surface area contributed by atoms with Crippen LogP contribution < -0.4 is 0 Å². The maximum Gasteiger partial charge on any atom is 0.339 e. The Labute approximate surface area is 79.9 Å². The van der Waals surface area contributed by atoms with Crippen LogP contribution in [0.4, 0.5) is 0 Å². The van der Waals surface area contributed by atoms with E-state index >= 15 is 0 Å². The first-order valence-electron chi connectivity index (χ1n) is 3.60. The highest BCUT2D eigenvalue weighted by molar-refractivity contribution is 6.01. The van der Waals surface area contributed by atoms with E-state index in [0.29, 0.717) is 0 Å². The fourth-order valence-corrected chi connectivity index (χ4v) is 1.00. The summed E-state index contributed by atoms with van der Waals surface area (Å²) in [5, 5.41) is 17.9. The maximum atomic E-state index is 10.9. The van der Waals surface area contributed by atoms with Crippen molar-refractivity contribution in [2.75, 3.05) is 0 Å². The van der Waals surface area contributed by atoms with Gasteiger partial charge in [0.05, 0.1) is 5.56 Å². The van der Waals surface area contributed by atoms with Gasteiger partial charge in [0.1, 0.15) is 11.3 Å². The van der Waals surface area contributed by atoms with Crippen LogP contribution in [0.15, 0.2) is 18.2 Å². The van der Waals surface area contributed by atoms with Gasteiger partial charge in [0.25, 0.3) is 0 Å². The lowest BCUT2D eigenvalue weighted by molar-refractivity contribution is 0.0693. The number of Topliss-reactive ketones (excluding diaryl/α,β-unsaturated/α-hetero) is 1. The summed E-state index contributed by atoms with van der Waals surface area (Å²) in [6.45, 7) is 1.26. The third-order valence-corrected chi connectivity index (χ3v) is 1.65. The Morgan fingerprint density at radius 1 is 1.21 bits per heavy atom. The molecule has 0 unspecified atom stereocenters. The van der Waals surface area contributed by atoms with E-state index in [9.17, 15) is 14.7 Å². The lowest BCUT2D eigenvalue weighted by Gasteiger charge is -2.02. The molecule has 0 heterocycles. The molecule has 0 atom stereocenters. The molecule has 0 radical (unpaired) electrons. The number of para-hydroxylation sites is 1. The molecule has 4 N–H and O–H groups in total. The quantitative estimate of drug-likeness (QED) is 0.673. The molecule has 0 bridgehead atoms. The molecule has 0 aliphatic rings. The molecule has 0 amide bonds. The summed E-state index contributed by atoms with van der Waals surface area (Å²) in [7, 11) is 0. The van der Waals surface area contributed by atoms with Gasteiger partial charge in [-0.3, -0.25) is 4.79 Å². The largest absolute Gasteiger partial charge is 0.506 e. The SMILES string of the molecule is CC(=O)c1cccc(C(=O)O)c1O.O. The Hall–Kier alpha value is -1.88. The van der Waals surface area contributed by atoms with Crippen molar-refractivity contribution in [3.05, 3.63) is 29.3 Å². The number of hydrogen-bond donors (Lipinski definition) is 2. The predicted octanol–water partition coefficient (Wildman–Crippen LogP) is 0.468. The lowest BCUT2D eigenvalue weighted by Crippen LogP contribution is -2.01. The number of ketones is 1. The van der Waals surface area contributed by atoms with Crippen LogP contribution in [0.25, 0.3) is 0 Å². The predicted molar refractivity (Wildman–Crippen MR) is 48.7 cm³/mol. The zero-order valence-electron chi connectivity index (χ0n) is 7.44. The molecule has 0 saturated carbocycles. The molecule has 0 saturated heterocycles. The van der Waals surface area contributed by atoms with E-state index in [-0.39, 0.29) is 22.4 Å². The lowest BCUT2D eigenvalue weighted by atomic mass is 10.1. The van der Waals surface area contributed by atoms with Crippen molar-refractivity contribution in [1.82, 2.24) is 0 Å². The molecular weight excluding hydrogens is 188 g/mol. The third-order valence-electron chi connectivity index (χ3n) is 1.65. The number of carboxylic acid groups (broad SMARTS) is 1. The van der Waals surface area contributed by atoms with Crippen LogP contribution >= 0.6 is 0 Å². The van der Waals surface area contributed by atoms with E-state index in [0.717, 1.165) is 0 Å². The number of carbonyl (C=O) groups is 2. The number of phenols is 1. The van der Waals surface area contributed by atoms with Gasteiger partial charge in [0, 0.05) is 0 Å². The molecular formula is C9H10O5. The van der Waals surface area contributed by atoms with Gasteiger partial charge in [0.15, 0.2) is 5.78 Å². The summed E-state index contributed by atoms with van der Waals surface area (Å²) in [5.41, 5.74) is -0.229. The average Bonchev–Trinajstić information content (AvgIpc) is 2.03. The van der Waals surface area contributed by atoms with E-state index in [1.54, 1.807) is 0 Å². The van der Waals surface area contributed by atoms with Crippen molar-refractivity contribution in [3.8, 4) is 5.75 Å². The summed E-state index contributed by atoms with van der Waals surface area (Å²) in [6.07, 6.45) is 0. The highest BCUT2D eigenvalue weighted by atomic mass is 16.4. The first kappa shape index (κ1) is 12.1. The minimum absolute atomic E-state index is 0. The maximum absolute atomic E-state index is 10.9. The summed E-state index contributed by atoms with van der Waals surface area (Å²) in [6, 6.07) is 4.04. The summed E-state index contributed by atoms with van der Waals surface area (Å²) >= 11 is 0. The smallest absolute Gasteiger partial charge is 0.339 e. The minimum Gasteiger partial charge on any atom is -0.506 e. The Balaban J connectivity index is 0.00000169. The van der Waals surface area contributed by atoms with Gasteiger partial charge in [-0.1, -0.05) is 6.07 Å². The van der Waals surface area contributed by atoms with Gasteiger partial charge in [-0.2, -0.15) is 0 Å². The Morgan fingerprint density at radius 2 is 1.71 bits per heavy atom. The van der Waals surface area contributed by atoms with Crippen LogP contribution in [-0.4, -0.2) is 27.4 Å². The summed E-state index contributed by atoms with van der Waals surface area (Å²) < 4.78 is 0. The van der Waals surface area contributed by atoms with Gasteiger partial charge in [0.2, 0.25) is 0 Å². The van der Waals surface area contributed by atoms with Crippen LogP contribution in [0.5, 0.6) is 5.75 Å². The number of benzene rings is 1. The van der Waals surface area contributed by atoms with Crippen LogP contribution in [0.3, 0.4) is 0 Å². The second-order valence-electron chi connectivity index (χ2n) is 2.56. The third kappa shape index (κ3) is 2.08. The second-order valence-corrected chi connectivity index (χ2v) is 2.56. The van der Waals surface area contributed by atoms with E-state index in [1.807, 2.05) is 0 Å². The molecule has 0 aromatic heterocycles. The van der Waals surface area contributed by atoms with E-state index in [1.165, 1.54) is 25.1 Å². The molecule has 1 rings (SSSR count). The zero-order valence-corrected chi connectivity index (χ0v) is 7.44. The van der Waals surface area contributed by atoms with Crippen LogP contribution in [0.2, 0.25) is 0 Å². The Morgan fingerprint density at radius 3 is 2.14 bits per heavy atom. The highest BCUT2D eigenvalue weighted by Crippen LogP contribution is 2.22. The van der Waals surface area contributed by atoms with Crippen molar-refractivity contribution in [1.29, 1.82) is 0 Å². The number of rotatable bonds is 2. The minimum atomic E-state index is -1.25. The molecule has 0 aliphatic carbocycles. The fraction of sp³-hybridized carbons (Fsp3) is 0.111. The van der Waals surface area contributed by atoms with Crippen LogP contribution in [-0.2, 0) is 0 Å². The molecule has 0 fully saturated rings. The van der Waals surface area contributed by atoms with Crippen molar-refractivity contribution < 1.29 is 25.3 Å². The normalized spacial score (nSPS) is 8.93. The summed E-state index contributed by atoms with van der Waals surface area (Å²) in [4.78, 5) is 21.4. The van der Waals surface area contributed by atoms with Gasteiger partial charge in [-0.05, 0) is 19.1 Å². The van der Waals surface area contributed by atoms with E-state index in [2.05, 4.69) is 0 Å². The monoisotopic (exact) mass is 198 g/mol. The van der Waals surface area contributed by atoms with Gasteiger partial charge in [-0.25, -0.2) is 4.79 Å². The second kappa shape index (κ2) is 4.38.